The number of hydrogen-bond donors (Lipinski definition) is 1. The molecule has 0 aliphatic heterocycles. The van der Waals surface area contributed by atoms with Gasteiger partial charge in [-0.05, 0) is 55.8 Å². The maximum atomic E-state index is 5.12. The van der Waals surface area contributed by atoms with Crippen LogP contribution in [-0.4, -0.2) is 13.2 Å². The minimum absolute atomic E-state index is 0.679. The van der Waals surface area contributed by atoms with E-state index in [9.17, 15) is 0 Å². The Balaban J connectivity index is 1.77. The quantitative estimate of drug-likeness (QED) is 0.658. The van der Waals surface area contributed by atoms with Gasteiger partial charge in [0.2, 0.25) is 0 Å². The number of hydroxylamine groups is 1. The number of hydrogen-bond acceptors (Lipinski definition) is 2. The second-order valence-electron chi connectivity index (χ2n) is 5.28. The monoisotopic (exact) mass is 181 g/mol. The Bertz CT molecular complexity index is 176. The van der Waals surface area contributed by atoms with Crippen LogP contribution in [0.25, 0.3) is 0 Å². The molecule has 2 heteroatoms. The van der Waals surface area contributed by atoms with Crippen LogP contribution in [-0.2, 0) is 4.84 Å². The lowest BCUT2D eigenvalue weighted by molar-refractivity contribution is -0.0736. The topological polar surface area (TPSA) is 21.3 Å². The maximum Gasteiger partial charge on any atom is 0.0572 e. The van der Waals surface area contributed by atoms with Crippen LogP contribution in [0.5, 0.6) is 0 Å². The normalized spacial score (nSPS) is 52.8. The Morgan fingerprint density at radius 3 is 1.92 bits per heavy atom. The van der Waals surface area contributed by atoms with Gasteiger partial charge < -0.3 is 4.84 Å². The summed E-state index contributed by atoms with van der Waals surface area (Å²) in [6.45, 7) is 0. The van der Waals surface area contributed by atoms with Gasteiger partial charge in [0.25, 0.3) is 0 Å². The third-order valence-corrected chi connectivity index (χ3v) is 4.48. The van der Waals surface area contributed by atoms with Crippen molar-refractivity contribution in [2.75, 3.05) is 7.11 Å². The standard InChI is InChI=1S/C11H19NO/c1-13-12-11-9-3-7-2-8(5-9)6-10(11)4-7/h7-12H,2-6H2,1H3. The van der Waals surface area contributed by atoms with Crippen molar-refractivity contribution in [1.29, 1.82) is 0 Å². The van der Waals surface area contributed by atoms with Gasteiger partial charge in [0, 0.05) is 6.04 Å². The van der Waals surface area contributed by atoms with Crippen molar-refractivity contribution in [3.8, 4) is 0 Å². The van der Waals surface area contributed by atoms with Crippen molar-refractivity contribution in [2.45, 2.75) is 38.1 Å². The second-order valence-corrected chi connectivity index (χ2v) is 5.28. The average molecular weight is 181 g/mol. The maximum absolute atomic E-state index is 5.12. The summed E-state index contributed by atoms with van der Waals surface area (Å²) in [5, 5.41) is 0. The summed E-state index contributed by atoms with van der Waals surface area (Å²) in [6, 6.07) is 0.679. The molecule has 4 aliphatic carbocycles. The van der Waals surface area contributed by atoms with Gasteiger partial charge >= 0.3 is 0 Å². The third-order valence-electron chi connectivity index (χ3n) is 4.48. The summed E-state index contributed by atoms with van der Waals surface area (Å²) in [6.07, 6.45) is 7.40. The molecule has 13 heavy (non-hydrogen) atoms. The molecule has 0 aromatic rings. The Morgan fingerprint density at radius 2 is 1.46 bits per heavy atom. The van der Waals surface area contributed by atoms with E-state index in [0.29, 0.717) is 6.04 Å². The molecule has 0 amide bonds. The van der Waals surface area contributed by atoms with Crippen molar-refractivity contribution in [3.05, 3.63) is 0 Å². The van der Waals surface area contributed by atoms with E-state index in [1.54, 1.807) is 7.11 Å². The molecular weight excluding hydrogens is 162 g/mol. The van der Waals surface area contributed by atoms with Crippen LogP contribution in [0.1, 0.15) is 32.1 Å². The van der Waals surface area contributed by atoms with E-state index in [0.717, 1.165) is 23.7 Å². The van der Waals surface area contributed by atoms with E-state index in [1.165, 1.54) is 32.1 Å². The van der Waals surface area contributed by atoms with Gasteiger partial charge in [0.05, 0.1) is 7.11 Å². The molecule has 0 aromatic heterocycles. The Kier molecular flexibility index (Phi) is 1.88. The van der Waals surface area contributed by atoms with Crippen LogP contribution in [0.15, 0.2) is 0 Å². The van der Waals surface area contributed by atoms with E-state index in [-0.39, 0.29) is 0 Å². The molecule has 0 heterocycles. The first-order valence-electron chi connectivity index (χ1n) is 5.65. The summed E-state index contributed by atoms with van der Waals surface area (Å²) in [4.78, 5) is 5.12. The van der Waals surface area contributed by atoms with Crippen LogP contribution in [0.3, 0.4) is 0 Å². The molecule has 0 atom stereocenters. The largest absolute Gasteiger partial charge is 0.305 e. The lowest BCUT2D eigenvalue weighted by Crippen LogP contribution is -2.54. The van der Waals surface area contributed by atoms with Crippen molar-refractivity contribution in [1.82, 2.24) is 5.48 Å². The summed E-state index contributed by atoms with van der Waals surface area (Å²) in [5.41, 5.74) is 3.23. The van der Waals surface area contributed by atoms with Gasteiger partial charge in [0.15, 0.2) is 0 Å². The molecule has 2 nitrogen and oxygen atoms in total. The first-order chi connectivity index (χ1) is 6.36. The lowest BCUT2D eigenvalue weighted by Gasteiger charge is -2.54. The van der Waals surface area contributed by atoms with Crippen LogP contribution in [0, 0.1) is 23.7 Å². The predicted molar refractivity (Wildman–Crippen MR) is 51.0 cm³/mol. The molecule has 4 saturated carbocycles. The van der Waals surface area contributed by atoms with Gasteiger partial charge in [-0.3, -0.25) is 0 Å². The highest BCUT2D eigenvalue weighted by Gasteiger charge is 2.48. The minimum Gasteiger partial charge on any atom is -0.305 e. The summed E-state index contributed by atoms with van der Waals surface area (Å²) in [7, 11) is 1.76. The molecule has 0 spiro atoms. The van der Waals surface area contributed by atoms with Crippen LogP contribution in [0.2, 0.25) is 0 Å². The zero-order valence-electron chi connectivity index (χ0n) is 8.33. The summed E-state index contributed by atoms with van der Waals surface area (Å²) < 4.78 is 0. The van der Waals surface area contributed by atoms with E-state index >= 15 is 0 Å². The molecule has 4 aliphatic rings. The van der Waals surface area contributed by atoms with E-state index < -0.39 is 0 Å². The average Bonchev–Trinajstić information content (AvgIpc) is 2.10. The Labute approximate surface area is 80.0 Å². The zero-order chi connectivity index (χ0) is 8.84. The van der Waals surface area contributed by atoms with Crippen LogP contribution < -0.4 is 5.48 Å². The van der Waals surface area contributed by atoms with Gasteiger partial charge in [-0.25, -0.2) is 0 Å². The highest BCUT2D eigenvalue weighted by molar-refractivity contribution is 5.00. The molecule has 0 aromatic carbocycles. The Morgan fingerprint density at radius 1 is 0.923 bits per heavy atom. The zero-order valence-corrected chi connectivity index (χ0v) is 8.33. The fourth-order valence-electron chi connectivity index (χ4n) is 4.25. The van der Waals surface area contributed by atoms with Crippen LogP contribution >= 0.6 is 0 Å². The molecule has 74 valence electrons. The fraction of sp³-hybridized carbons (Fsp3) is 1.00. The first-order valence-corrected chi connectivity index (χ1v) is 5.65. The summed E-state index contributed by atoms with van der Waals surface area (Å²) >= 11 is 0. The molecule has 4 fully saturated rings. The van der Waals surface area contributed by atoms with Crippen molar-refractivity contribution < 1.29 is 4.84 Å². The third kappa shape index (κ3) is 1.23. The number of rotatable bonds is 2. The SMILES string of the molecule is CONC1C2CC3CC(C2)CC1C3. The van der Waals surface area contributed by atoms with Crippen molar-refractivity contribution in [3.63, 3.8) is 0 Å². The highest BCUT2D eigenvalue weighted by atomic mass is 16.6. The molecular formula is C11H19NO. The van der Waals surface area contributed by atoms with Crippen LogP contribution in [0.4, 0.5) is 0 Å². The molecule has 0 radical (unpaired) electrons. The predicted octanol–water partition coefficient (Wildman–Crippen LogP) is 1.96. The summed E-state index contributed by atoms with van der Waals surface area (Å²) in [5.74, 6) is 3.99. The van der Waals surface area contributed by atoms with E-state index in [1.807, 2.05) is 0 Å². The molecule has 4 rings (SSSR count). The fourth-order valence-corrected chi connectivity index (χ4v) is 4.25. The smallest absolute Gasteiger partial charge is 0.0572 e. The van der Waals surface area contributed by atoms with Gasteiger partial charge in [-0.1, -0.05) is 0 Å². The van der Waals surface area contributed by atoms with Gasteiger partial charge in [0.1, 0.15) is 0 Å². The van der Waals surface area contributed by atoms with Gasteiger partial charge in [-0.15, -0.1) is 0 Å². The van der Waals surface area contributed by atoms with E-state index in [2.05, 4.69) is 5.48 Å². The Hall–Kier alpha value is -0.0800. The first kappa shape index (κ1) is 8.25. The molecule has 4 bridgehead atoms. The van der Waals surface area contributed by atoms with Crippen molar-refractivity contribution >= 4 is 0 Å². The minimum atomic E-state index is 0.679. The van der Waals surface area contributed by atoms with Gasteiger partial charge in [-0.2, -0.15) is 5.48 Å². The second kappa shape index (κ2) is 2.96. The van der Waals surface area contributed by atoms with Crippen molar-refractivity contribution in [2.24, 2.45) is 23.7 Å². The highest BCUT2D eigenvalue weighted by Crippen LogP contribution is 2.53. The molecule has 0 saturated heterocycles. The molecule has 1 N–H and O–H groups in total. The van der Waals surface area contributed by atoms with E-state index in [4.69, 9.17) is 4.84 Å². The number of nitrogens with one attached hydrogen (secondary N) is 1. The lowest BCUT2D eigenvalue weighted by atomic mass is 9.54. The molecule has 0 unspecified atom stereocenters.